The third kappa shape index (κ3) is 8.22. The van der Waals surface area contributed by atoms with E-state index in [4.69, 9.17) is 5.11 Å². The van der Waals surface area contributed by atoms with E-state index in [0.717, 1.165) is 30.0 Å². The highest BCUT2D eigenvalue weighted by Crippen LogP contribution is 2.24. The molecule has 2 aromatic carbocycles. The van der Waals surface area contributed by atoms with Gasteiger partial charge in [-0.05, 0) is 54.4 Å². The summed E-state index contributed by atoms with van der Waals surface area (Å²) in [6.07, 6.45) is 0.0500. The van der Waals surface area contributed by atoms with E-state index in [2.05, 4.69) is 15.0 Å². The topological polar surface area (TPSA) is 201 Å². The number of amides is 3. The van der Waals surface area contributed by atoms with Crippen LogP contribution in [0.3, 0.4) is 0 Å². The van der Waals surface area contributed by atoms with Gasteiger partial charge in [-0.1, -0.05) is 12.1 Å². The number of carbonyl (C=O) groups is 4. The Morgan fingerprint density at radius 2 is 1.59 bits per heavy atom. The second-order valence-electron chi connectivity index (χ2n) is 7.78. The Bertz CT molecular complexity index is 1490. The summed E-state index contributed by atoms with van der Waals surface area (Å²) in [6, 6.07) is 11.3. The highest BCUT2D eigenvalue weighted by molar-refractivity contribution is 7.90. The van der Waals surface area contributed by atoms with Gasteiger partial charge in [0.2, 0.25) is 0 Å². The number of carboxylic acids is 1. The zero-order valence-electron chi connectivity index (χ0n) is 19.9. The van der Waals surface area contributed by atoms with Crippen LogP contribution in [0.1, 0.15) is 26.3 Å². The second-order valence-corrected chi connectivity index (χ2v) is 9.46. The van der Waals surface area contributed by atoms with Crippen molar-refractivity contribution in [3.63, 3.8) is 0 Å². The van der Waals surface area contributed by atoms with E-state index < -0.39 is 57.6 Å². The molecule has 0 unspecified atom stereocenters. The summed E-state index contributed by atoms with van der Waals surface area (Å²) >= 11 is 0. The van der Waals surface area contributed by atoms with Gasteiger partial charge in [0.05, 0.1) is 10.5 Å². The third-order valence-corrected chi connectivity index (χ3v) is 6.28. The first-order chi connectivity index (χ1) is 18.4. The van der Waals surface area contributed by atoms with Crippen molar-refractivity contribution in [2.75, 3.05) is 13.1 Å². The average molecular weight is 561 g/mol. The van der Waals surface area contributed by atoms with E-state index in [9.17, 15) is 37.1 Å². The highest BCUT2D eigenvalue weighted by Gasteiger charge is 2.21. The van der Waals surface area contributed by atoms with Crippen molar-refractivity contribution in [2.24, 2.45) is 0 Å². The molecule has 5 N–H and O–H groups in total. The first-order valence-corrected chi connectivity index (χ1v) is 12.5. The number of pyridine rings is 1. The van der Waals surface area contributed by atoms with Gasteiger partial charge >= 0.3 is 12.1 Å². The van der Waals surface area contributed by atoms with Crippen molar-refractivity contribution in [3.05, 3.63) is 83.3 Å². The number of nitrogens with one attached hydrogen (secondary N) is 3. The standard InChI is InChI=1S/C24H21FN4O9S/c25-17-5-1-14(2-6-17)9-10-26-21(33)15-3-7-18(8-4-15)39(36,37)29-22(34)16-11-19(30)23(27-12-16)38-24(35)28-13-20(31)32/h1-8,11-12,30H,9-10,13H2,(H,26,33)(H,28,35)(H,29,34)(H,31,32). The van der Waals surface area contributed by atoms with Crippen LogP contribution in [0.2, 0.25) is 0 Å². The third-order valence-electron chi connectivity index (χ3n) is 4.93. The van der Waals surface area contributed by atoms with Gasteiger partial charge in [-0.3, -0.25) is 14.4 Å². The molecule has 0 aliphatic heterocycles. The average Bonchev–Trinajstić information content (AvgIpc) is 2.89. The van der Waals surface area contributed by atoms with Gasteiger partial charge in [-0.25, -0.2) is 27.3 Å². The van der Waals surface area contributed by atoms with Crippen LogP contribution < -0.4 is 20.1 Å². The van der Waals surface area contributed by atoms with E-state index in [1.165, 1.54) is 24.3 Å². The van der Waals surface area contributed by atoms with Crippen molar-refractivity contribution in [3.8, 4) is 11.6 Å². The van der Waals surface area contributed by atoms with Gasteiger partial charge in [0.1, 0.15) is 12.4 Å². The molecule has 0 atom stereocenters. The molecule has 204 valence electrons. The van der Waals surface area contributed by atoms with Crippen molar-refractivity contribution in [1.29, 1.82) is 0 Å². The number of rotatable bonds is 10. The van der Waals surface area contributed by atoms with Crippen LogP contribution in [0.25, 0.3) is 0 Å². The van der Waals surface area contributed by atoms with E-state index >= 15 is 0 Å². The normalized spacial score (nSPS) is 10.8. The molecule has 0 saturated heterocycles. The molecule has 3 rings (SSSR count). The minimum absolute atomic E-state index is 0.163. The lowest BCUT2D eigenvalue weighted by Crippen LogP contribution is -2.32. The van der Waals surface area contributed by atoms with Crippen LogP contribution >= 0.6 is 0 Å². The van der Waals surface area contributed by atoms with Gasteiger partial charge in [0, 0.05) is 18.3 Å². The lowest BCUT2D eigenvalue weighted by molar-refractivity contribution is -0.135. The van der Waals surface area contributed by atoms with Gasteiger partial charge in [0.25, 0.3) is 27.7 Å². The molecule has 0 aliphatic carbocycles. The Morgan fingerprint density at radius 1 is 0.923 bits per heavy atom. The Balaban J connectivity index is 1.57. The van der Waals surface area contributed by atoms with E-state index in [1.807, 2.05) is 5.32 Å². The molecule has 13 nitrogen and oxygen atoms in total. The summed E-state index contributed by atoms with van der Waals surface area (Å²) in [5.74, 6) is -4.78. The molecule has 3 aromatic rings. The molecule has 0 spiro atoms. The molecule has 1 heterocycles. The smallest absolute Gasteiger partial charge is 0.414 e. The fourth-order valence-corrected chi connectivity index (χ4v) is 3.99. The number of aromatic hydroxyl groups is 1. The first-order valence-electron chi connectivity index (χ1n) is 11.0. The van der Waals surface area contributed by atoms with Gasteiger partial charge < -0.3 is 25.6 Å². The Kier molecular flexibility index (Phi) is 9.11. The lowest BCUT2D eigenvalue weighted by Gasteiger charge is -2.10. The minimum Gasteiger partial charge on any atom is -0.503 e. The highest BCUT2D eigenvalue weighted by atomic mass is 32.2. The molecule has 0 aliphatic rings. The van der Waals surface area contributed by atoms with Crippen LogP contribution in [-0.4, -0.2) is 60.6 Å². The number of carboxylic acid groups (broad SMARTS) is 1. The van der Waals surface area contributed by atoms with Gasteiger partial charge in [-0.15, -0.1) is 0 Å². The maximum atomic E-state index is 13.0. The largest absolute Gasteiger partial charge is 0.503 e. The molecule has 0 saturated carbocycles. The van der Waals surface area contributed by atoms with E-state index in [0.29, 0.717) is 6.42 Å². The molecule has 0 radical (unpaired) electrons. The Hall–Kier alpha value is -5.05. The number of aromatic nitrogens is 1. The predicted octanol–water partition coefficient (Wildman–Crippen LogP) is 1.19. The monoisotopic (exact) mass is 560 g/mol. The number of aliphatic carboxylic acids is 1. The maximum absolute atomic E-state index is 13.0. The zero-order valence-corrected chi connectivity index (χ0v) is 20.7. The summed E-state index contributed by atoms with van der Waals surface area (Å²) in [5, 5.41) is 23.0. The molecular weight excluding hydrogens is 539 g/mol. The van der Waals surface area contributed by atoms with Crippen molar-refractivity contribution in [2.45, 2.75) is 11.3 Å². The number of ether oxygens (including phenoxy) is 1. The van der Waals surface area contributed by atoms with Crippen molar-refractivity contribution in [1.82, 2.24) is 20.3 Å². The zero-order chi connectivity index (χ0) is 28.6. The molecule has 39 heavy (non-hydrogen) atoms. The van der Waals surface area contributed by atoms with Crippen LogP contribution in [0.4, 0.5) is 9.18 Å². The summed E-state index contributed by atoms with van der Waals surface area (Å²) in [4.78, 5) is 49.9. The summed E-state index contributed by atoms with van der Waals surface area (Å²) in [5.41, 5.74) is 0.587. The fourth-order valence-electron chi connectivity index (χ4n) is 3.01. The van der Waals surface area contributed by atoms with E-state index in [1.54, 1.807) is 16.9 Å². The number of halogens is 1. The van der Waals surface area contributed by atoms with Crippen LogP contribution in [-0.2, 0) is 21.2 Å². The fraction of sp³-hybridized carbons (Fsp3) is 0.125. The number of benzene rings is 2. The Labute approximate surface area is 220 Å². The number of hydrogen-bond acceptors (Lipinski definition) is 9. The second kappa shape index (κ2) is 12.5. The molecule has 3 amide bonds. The SMILES string of the molecule is O=C(O)CNC(=O)Oc1ncc(C(=O)NS(=O)(=O)c2ccc(C(=O)NCCc3ccc(F)cc3)cc2)cc1O. The number of hydrogen-bond donors (Lipinski definition) is 5. The van der Waals surface area contributed by atoms with Crippen LogP contribution in [0.5, 0.6) is 11.6 Å². The Morgan fingerprint density at radius 3 is 2.21 bits per heavy atom. The van der Waals surface area contributed by atoms with Crippen molar-refractivity contribution >= 4 is 33.9 Å². The molecular formula is C24H21FN4O9S. The summed E-state index contributed by atoms with van der Waals surface area (Å²) in [6.45, 7) is -0.487. The molecule has 1 aromatic heterocycles. The van der Waals surface area contributed by atoms with Crippen LogP contribution in [0.15, 0.2) is 65.7 Å². The number of sulfonamides is 1. The van der Waals surface area contributed by atoms with Gasteiger partial charge in [-0.2, -0.15) is 0 Å². The van der Waals surface area contributed by atoms with Crippen LogP contribution in [0, 0.1) is 5.82 Å². The van der Waals surface area contributed by atoms with Crippen molar-refractivity contribution < 1.29 is 46.9 Å². The summed E-state index contributed by atoms with van der Waals surface area (Å²) < 4.78 is 44.6. The predicted molar refractivity (Wildman–Crippen MR) is 131 cm³/mol. The molecule has 0 bridgehead atoms. The molecule has 0 fully saturated rings. The molecule has 15 heteroatoms. The maximum Gasteiger partial charge on any atom is 0.414 e. The number of carbonyl (C=O) groups excluding carboxylic acids is 3. The quantitative estimate of drug-likeness (QED) is 0.240. The number of nitrogens with zero attached hydrogens (tertiary/aromatic N) is 1. The van der Waals surface area contributed by atoms with E-state index in [-0.39, 0.29) is 22.8 Å². The van der Waals surface area contributed by atoms with Gasteiger partial charge in [0.15, 0.2) is 5.75 Å². The minimum atomic E-state index is -4.39. The lowest BCUT2D eigenvalue weighted by atomic mass is 10.1. The summed E-state index contributed by atoms with van der Waals surface area (Å²) in [7, 11) is -4.39. The first kappa shape index (κ1) is 28.5.